The van der Waals surface area contributed by atoms with Crippen LogP contribution in [0, 0.1) is 6.92 Å². The Morgan fingerprint density at radius 3 is 2.86 bits per heavy atom. The van der Waals surface area contributed by atoms with Crippen LogP contribution in [0.2, 0.25) is 0 Å². The normalized spacial score (nSPS) is 10.4. The Hall–Kier alpha value is -2.25. The number of anilines is 2. The van der Waals surface area contributed by atoms with Crippen LogP contribution in [0.5, 0.6) is 0 Å². The molecular weight excluding hydrogens is 316 g/mol. The molecule has 0 aliphatic heterocycles. The van der Waals surface area contributed by atoms with Crippen molar-refractivity contribution in [3.63, 3.8) is 0 Å². The van der Waals surface area contributed by atoms with Crippen molar-refractivity contribution in [3.05, 3.63) is 57.4 Å². The van der Waals surface area contributed by atoms with Gasteiger partial charge in [-0.05, 0) is 30.5 Å². The van der Waals surface area contributed by atoms with Gasteiger partial charge in [-0.15, -0.1) is 22.7 Å². The van der Waals surface area contributed by atoms with Gasteiger partial charge in [-0.2, -0.15) is 0 Å². The fourth-order valence-corrected chi connectivity index (χ4v) is 3.17. The smallest absolute Gasteiger partial charge is 0.271 e. The first-order chi connectivity index (χ1) is 10.7. The second kappa shape index (κ2) is 6.67. The van der Waals surface area contributed by atoms with Gasteiger partial charge < -0.3 is 10.6 Å². The van der Waals surface area contributed by atoms with Gasteiger partial charge >= 0.3 is 0 Å². The van der Waals surface area contributed by atoms with Gasteiger partial charge in [-0.3, -0.25) is 4.79 Å². The highest BCUT2D eigenvalue weighted by Gasteiger charge is 2.11. The van der Waals surface area contributed by atoms with E-state index in [1.54, 1.807) is 16.7 Å². The monoisotopic (exact) mass is 330 g/mol. The van der Waals surface area contributed by atoms with E-state index in [4.69, 9.17) is 0 Å². The maximum atomic E-state index is 12.1. The van der Waals surface area contributed by atoms with E-state index in [9.17, 15) is 4.79 Å². The van der Waals surface area contributed by atoms with E-state index in [0.717, 1.165) is 16.4 Å². The largest absolute Gasteiger partial charge is 0.346 e. The molecular formula is C15H14N4OS2. The molecule has 112 valence electrons. The standard InChI is InChI=1S/C15H14N4OS2/c1-10-4-2-6-13(17-10)19-15-18-12(9-22-15)14(20)16-8-11-5-3-7-21-11/h2-7,9H,8H2,1H3,(H,16,20)(H,17,18,19). The zero-order valence-corrected chi connectivity index (χ0v) is 13.5. The molecule has 0 saturated heterocycles. The lowest BCUT2D eigenvalue weighted by Gasteiger charge is -2.02. The van der Waals surface area contributed by atoms with Gasteiger partial charge in [-0.25, -0.2) is 9.97 Å². The lowest BCUT2D eigenvalue weighted by molar-refractivity contribution is 0.0947. The van der Waals surface area contributed by atoms with Crippen LogP contribution in [-0.4, -0.2) is 15.9 Å². The van der Waals surface area contributed by atoms with Crippen molar-refractivity contribution >= 4 is 39.5 Å². The molecule has 0 fully saturated rings. The second-order valence-corrected chi connectivity index (χ2v) is 6.48. The molecule has 7 heteroatoms. The first kappa shape index (κ1) is 14.7. The first-order valence-electron chi connectivity index (χ1n) is 6.67. The highest BCUT2D eigenvalue weighted by Crippen LogP contribution is 2.20. The molecule has 3 heterocycles. The molecule has 0 unspecified atom stereocenters. The Morgan fingerprint density at radius 1 is 1.18 bits per heavy atom. The van der Waals surface area contributed by atoms with Gasteiger partial charge in [0.25, 0.3) is 5.91 Å². The summed E-state index contributed by atoms with van der Waals surface area (Å²) >= 11 is 3.00. The Bertz CT molecular complexity index is 767. The number of carbonyl (C=O) groups is 1. The molecule has 3 aromatic heterocycles. The van der Waals surface area contributed by atoms with Crippen LogP contribution >= 0.6 is 22.7 Å². The molecule has 1 amide bonds. The van der Waals surface area contributed by atoms with E-state index in [1.807, 2.05) is 42.6 Å². The number of thiazole rings is 1. The highest BCUT2D eigenvalue weighted by molar-refractivity contribution is 7.14. The minimum atomic E-state index is -0.171. The maximum absolute atomic E-state index is 12.1. The van der Waals surface area contributed by atoms with Crippen molar-refractivity contribution in [1.82, 2.24) is 15.3 Å². The highest BCUT2D eigenvalue weighted by atomic mass is 32.1. The number of nitrogens with one attached hydrogen (secondary N) is 2. The van der Waals surface area contributed by atoms with Crippen molar-refractivity contribution in [2.45, 2.75) is 13.5 Å². The number of aromatic nitrogens is 2. The fourth-order valence-electron chi connectivity index (χ4n) is 1.83. The maximum Gasteiger partial charge on any atom is 0.271 e. The minimum absolute atomic E-state index is 0.171. The zero-order valence-electron chi connectivity index (χ0n) is 11.9. The molecule has 3 aromatic rings. The Kier molecular flexibility index (Phi) is 4.45. The zero-order chi connectivity index (χ0) is 15.4. The molecule has 0 saturated carbocycles. The molecule has 22 heavy (non-hydrogen) atoms. The first-order valence-corrected chi connectivity index (χ1v) is 8.43. The van der Waals surface area contributed by atoms with E-state index in [0.29, 0.717) is 17.4 Å². The number of aryl methyl sites for hydroxylation is 1. The molecule has 0 aliphatic rings. The molecule has 0 aliphatic carbocycles. The Labute approximate surface area is 136 Å². The quantitative estimate of drug-likeness (QED) is 0.750. The molecule has 3 rings (SSSR count). The number of hydrogen-bond acceptors (Lipinski definition) is 6. The van der Waals surface area contributed by atoms with Gasteiger partial charge in [-0.1, -0.05) is 12.1 Å². The van der Waals surface area contributed by atoms with E-state index in [2.05, 4.69) is 20.6 Å². The third kappa shape index (κ3) is 3.69. The predicted molar refractivity (Wildman–Crippen MR) is 89.9 cm³/mol. The van der Waals surface area contributed by atoms with Gasteiger partial charge in [0.05, 0.1) is 6.54 Å². The average Bonchev–Trinajstić information content (AvgIpc) is 3.16. The average molecular weight is 330 g/mol. The lowest BCUT2D eigenvalue weighted by atomic mass is 10.4. The number of nitrogens with zero attached hydrogens (tertiary/aromatic N) is 2. The van der Waals surface area contributed by atoms with Crippen LogP contribution in [0.25, 0.3) is 0 Å². The summed E-state index contributed by atoms with van der Waals surface area (Å²) in [4.78, 5) is 21.8. The van der Waals surface area contributed by atoms with Crippen molar-refractivity contribution in [3.8, 4) is 0 Å². The summed E-state index contributed by atoms with van der Waals surface area (Å²) in [5.74, 6) is 0.551. The molecule has 0 radical (unpaired) electrons. The number of pyridine rings is 1. The van der Waals surface area contributed by atoms with Crippen LogP contribution in [0.1, 0.15) is 21.1 Å². The summed E-state index contributed by atoms with van der Waals surface area (Å²) in [5.41, 5.74) is 1.34. The summed E-state index contributed by atoms with van der Waals surface area (Å²) in [5, 5.41) is 10.3. The predicted octanol–water partition coefficient (Wildman–Crippen LogP) is 3.58. The van der Waals surface area contributed by atoms with Gasteiger partial charge in [0.2, 0.25) is 0 Å². The summed E-state index contributed by atoms with van der Waals surface area (Å²) in [6.45, 7) is 2.45. The van der Waals surface area contributed by atoms with Crippen LogP contribution in [0.4, 0.5) is 10.9 Å². The molecule has 0 spiro atoms. The van der Waals surface area contributed by atoms with E-state index >= 15 is 0 Å². The van der Waals surface area contributed by atoms with Crippen molar-refractivity contribution in [1.29, 1.82) is 0 Å². The van der Waals surface area contributed by atoms with Crippen LogP contribution < -0.4 is 10.6 Å². The third-order valence-electron chi connectivity index (χ3n) is 2.86. The topological polar surface area (TPSA) is 66.9 Å². The molecule has 0 atom stereocenters. The van der Waals surface area contributed by atoms with Crippen LogP contribution in [-0.2, 0) is 6.54 Å². The van der Waals surface area contributed by atoms with E-state index < -0.39 is 0 Å². The van der Waals surface area contributed by atoms with Crippen LogP contribution in [0.3, 0.4) is 0 Å². The van der Waals surface area contributed by atoms with Crippen LogP contribution in [0.15, 0.2) is 41.1 Å². The number of rotatable bonds is 5. The van der Waals surface area contributed by atoms with Gasteiger partial charge in [0.15, 0.2) is 5.13 Å². The Morgan fingerprint density at radius 2 is 2.09 bits per heavy atom. The van der Waals surface area contributed by atoms with E-state index in [1.165, 1.54) is 11.3 Å². The number of carbonyl (C=O) groups excluding carboxylic acids is 1. The van der Waals surface area contributed by atoms with Crippen molar-refractivity contribution in [2.75, 3.05) is 5.32 Å². The van der Waals surface area contributed by atoms with Crippen molar-refractivity contribution in [2.24, 2.45) is 0 Å². The summed E-state index contributed by atoms with van der Waals surface area (Å²) in [7, 11) is 0. The second-order valence-electron chi connectivity index (χ2n) is 4.59. The summed E-state index contributed by atoms with van der Waals surface area (Å²) < 4.78 is 0. The summed E-state index contributed by atoms with van der Waals surface area (Å²) in [6.07, 6.45) is 0. The molecule has 0 bridgehead atoms. The SMILES string of the molecule is Cc1cccc(Nc2nc(C(=O)NCc3cccs3)cs2)n1. The van der Waals surface area contributed by atoms with E-state index in [-0.39, 0.29) is 5.91 Å². The summed E-state index contributed by atoms with van der Waals surface area (Å²) in [6, 6.07) is 9.67. The molecule has 5 nitrogen and oxygen atoms in total. The van der Waals surface area contributed by atoms with Gasteiger partial charge in [0.1, 0.15) is 11.5 Å². The van der Waals surface area contributed by atoms with Gasteiger partial charge in [0, 0.05) is 16.0 Å². The minimum Gasteiger partial charge on any atom is -0.346 e. The Balaban J connectivity index is 1.61. The van der Waals surface area contributed by atoms with Crippen molar-refractivity contribution < 1.29 is 4.79 Å². The fraction of sp³-hybridized carbons (Fsp3) is 0.133. The number of thiophene rings is 1. The lowest BCUT2D eigenvalue weighted by Crippen LogP contribution is -2.22. The molecule has 0 aromatic carbocycles. The molecule has 2 N–H and O–H groups in total. The number of hydrogen-bond donors (Lipinski definition) is 2. The number of amides is 1. The third-order valence-corrected chi connectivity index (χ3v) is 4.50.